The summed E-state index contributed by atoms with van der Waals surface area (Å²) >= 11 is 0. The number of esters is 3. The molecule has 0 aromatic heterocycles. The van der Waals surface area contributed by atoms with Gasteiger partial charge in [0.25, 0.3) is 0 Å². The Labute approximate surface area is 377 Å². The van der Waals surface area contributed by atoms with E-state index >= 15 is 0 Å². The summed E-state index contributed by atoms with van der Waals surface area (Å²) in [7, 11) is 0. The smallest absolute Gasteiger partial charge is 0.306 e. The molecule has 352 valence electrons. The maximum atomic E-state index is 12.8. The van der Waals surface area contributed by atoms with Crippen LogP contribution in [0.1, 0.15) is 252 Å². The van der Waals surface area contributed by atoms with Gasteiger partial charge in [-0.3, -0.25) is 14.4 Å². The van der Waals surface area contributed by atoms with Gasteiger partial charge in [0, 0.05) is 19.3 Å². The van der Waals surface area contributed by atoms with E-state index in [1.807, 2.05) is 0 Å². The molecule has 1 atom stereocenters. The van der Waals surface area contributed by atoms with Gasteiger partial charge in [0.05, 0.1) is 0 Å². The molecular weight excluding hydrogens is 757 g/mol. The average Bonchev–Trinajstić information content (AvgIpc) is 3.26. The topological polar surface area (TPSA) is 78.9 Å². The zero-order valence-electron chi connectivity index (χ0n) is 40.2. The van der Waals surface area contributed by atoms with Crippen molar-refractivity contribution in [2.75, 3.05) is 13.2 Å². The Morgan fingerprint density at radius 2 is 0.639 bits per heavy atom. The van der Waals surface area contributed by atoms with E-state index in [2.05, 4.69) is 81.5 Å². The van der Waals surface area contributed by atoms with E-state index in [1.165, 1.54) is 103 Å². The number of rotatable bonds is 46. The van der Waals surface area contributed by atoms with Crippen LogP contribution in [0.4, 0.5) is 0 Å². The molecule has 0 radical (unpaired) electrons. The van der Waals surface area contributed by atoms with Crippen LogP contribution in [0.25, 0.3) is 0 Å². The van der Waals surface area contributed by atoms with Gasteiger partial charge < -0.3 is 14.2 Å². The van der Waals surface area contributed by atoms with Crippen molar-refractivity contribution in [2.24, 2.45) is 0 Å². The molecule has 0 N–H and O–H groups in total. The van der Waals surface area contributed by atoms with Crippen LogP contribution in [0.15, 0.2) is 60.8 Å². The maximum Gasteiger partial charge on any atom is 0.306 e. The Morgan fingerprint density at radius 3 is 1.02 bits per heavy atom. The zero-order valence-corrected chi connectivity index (χ0v) is 40.2. The van der Waals surface area contributed by atoms with Gasteiger partial charge >= 0.3 is 17.9 Å². The summed E-state index contributed by atoms with van der Waals surface area (Å²) in [6.07, 6.45) is 60.6. The van der Waals surface area contributed by atoms with E-state index in [-0.39, 0.29) is 31.1 Å². The van der Waals surface area contributed by atoms with E-state index in [1.54, 1.807) is 0 Å². The Bertz CT molecular complexity index is 1120. The van der Waals surface area contributed by atoms with Gasteiger partial charge in [0.2, 0.25) is 0 Å². The van der Waals surface area contributed by atoms with Gasteiger partial charge in [-0.1, -0.05) is 210 Å². The number of carbonyl (C=O) groups is 3. The quantitative estimate of drug-likeness (QED) is 0.0263. The van der Waals surface area contributed by atoms with Crippen LogP contribution in [0.3, 0.4) is 0 Å². The fraction of sp³-hybridized carbons (Fsp3) is 0.764. The molecule has 0 fully saturated rings. The summed E-state index contributed by atoms with van der Waals surface area (Å²) in [5.74, 6) is -0.913. The molecule has 0 aromatic carbocycles. The molecule has 61 heavy (non-hydrogen) atoms. The molecule has 6 heteroatoms. The van der Waals surface area contributed by atoms with Crippen molar-refractivity contribution in [3.05, 3.63) is 60.8 Å². The fourth-order valence-electron chi connectivity index (χ4n) is 7.13. The molecule has 0 bridgehead atoms. The van der Waals surface area contributed by atoms with Gasteiger partial charge in [-0.15, -0.1) is 0 Å². The minimum Gasteiger partial charge on any atom is -0.462 e. The highest BCUT2D eigenvalue weighted by Crippen LogP contribution is 2.14. The predicted octanol–water partition coefficient (Wildman–Crippen LogP) is 16.9. The Hall–Kier alpha value is -2.89. The zero-order chi connectivity index (χ0) is 44.4. The average molecular weight is 853 g/mol. The van der Waals surface area contributed by atoms with Crippen LogP contribution in [-0.4, -0.2) is 37.2 Å². The first kappa shape index (κ1) is 58.1. The lowest BCUT2D eigenvalue weighted by Crippen LogP contribution is -2.30. The van der Waals surface area contributed by atoms with E-state index in [0.29, 0.717) is 19.3 Å². The predicted molar refractivity (Wildman–Crippen MR) is 261 cm³/mol. The minimum atomic E-state index is -0.785. The molecule has 0 saturated heterocycles. The monoisotopic (exact) mass is 853 g/mol. The Morgan fingerprint density at radius 1 is 0.344 bits per heavy atom. The van der Waals surface area contributed by atoms with Gasteiger partial charge in [-0.2, -0.15) is 0 Å². The second-order valence-corrected chi connectivity index (χ2v) is 17.1. The molecule has 0 heterocycles. The summed E-state index contributed by atoms with van der Waals surface area (Å²) in [5.41, 5.74) is 0. The lowest BCUT2D eigenvalue weighted by molar-refractivity contribution is -0.167. The van der Waals surface area contributed by atoms with Gasteiger partial charge in [-0.25, -0.2) is 0 Å². The molecule has 0 aliphatic carbocycles. The highest BCUT2D eigenvalue weighted by molar-refractivity contribution is 5.71. The summed E-state index contributed by atoms with van der Waals surface area (Å²) < 4.78 is 16.8. The molecule has 0 aromatic rings. The molecule has 0 amide bonds. The third-order valence-electron chi connectivity index (χ3n) is 11.0. The Balaban J connectivity index is 4.41. The van der Waals surface area contributed by atoms with E-state index in [0.717, 1.165) is 109 Å². The standard InChI is InChI=1S/C55H96O6/c1-4-7-10-13-16-19-22-24-26-27-29-30-33-36-39-42-45-48-54(57)60-51-52(50-59-53(56)47-44-41-38-35-32-21-18-15-12-9-6-3)61-55(58)49-46-43-40-37-34-31-28-25-23-20-17-14-11-8-5-2/h7,10,16,19,24-26,28-30,52H,4-6,8-9,11-15,17-18,20-23,27,31-51H2,1-3H3/b10-7-,19-16-,26-24-,28-25-,30-29-/t52-/m0/s1. The first-order valence-corrected chi connectivity index (χ1v) is 25.8. The third-order valence-corrected chi connectivity index (χ3v) is 11.0. The maximum absolute atomic E-state index is 12.8. The molecule has 0 unspecified atom stereocenters. The third kappa shape index (κ3) is 48.0. The highest BCUT2D eigenvalue weighted by atomic mass is 16.6. The van der Waals surface area contributed by atoms with Crippen LogP contribution in [-0.2, 0) is 28.6 Å². The number of hydrogen-bond donors (Lipinski definition) is 0. The summed E-state index contributed by atoms with van der Waals surface area (Å²) in [4.78, 5) is 37.9. The molecule has 6 nitrogen and oxygen atoms in total. The van der Waals surface area contributed by atoms with Crippen molar-refractivity contribution < 1.29 is 28.6 Å². The number of hydrogen-bond acceptors (Lipinski definition) is 6. The number of ether oxygens (including phenoxy) is 3. The molecule has 0 saturated carbocycles. The lowest BCUT2D eigenvalue weighted by atomic mass is 10.1. The van der Waals surface area contributed by atoms with E-state index in [9.17, 15) is 14.4 Å². The van der Waals surface area contributed by atoms with Crippen LogP contribution >= 0.6 is 0 Å². The first-order valence-electron chi connectivity index (χ1n) is 25.8. The fourth-order valence-corrected chi connectivity index (χ4v) is 7.13. The minimum absolute atomic E-state index is 0.0838. The van der Waals surface area contributed by atoms with Crippen LogP contribution < -0.4 is 0 Å². The Kier molecular flexibility index (Phi) is 47.4. The van der Waals surface area contributed by atoms with Gasteiger partial charge in [-0.05, 0) is 83.5 Å². The van der Waals surface area contributed by atoms with Crippen LogP contribution in [0.2, 0.25) is 0 Å². The lowest BCUT2D eigenvalue weighted by Gasteiger charge is -2.18. The summed E-state index contributed by atoms with van der Waals surface area (Å²) in [6.45, 7) is 6.49. The molecule has 0 aliphatic rings. The van der Waals surface area contributed by atoms with Gasteiger partial charge in [0.1, 0.15) is 13.2 Å². The van der Waals surface area contributed by atoms with Crippen molar-refractivity contribution in [3.8, 4) is 0 Å². The van der Waals surface area contributed by atoms with Crippen LogP contribution in [0, 0.1) is 0 Å². The normalized spacial score (nSPS) is 12.5. The molecule has 0 rings (SSSR count). The van der Waals surface area contributed by atoms with E-state index < -0.39 is 6.10 Å². The van der Waals surface area contributed by atoms with Crippen molar-refractivity contribution in [1.82, 2.24) is 0 Å². The second-order valence-electron chi connectivity index (χ2n) is 17.1. The van der Waals surface area contributed by atoms with Crippen molar-refractivity contribution in [2.45, 2.75) is 258 Å². The number of carbonyl (C=O) groups excluding carboxylic acids is 3. The van der Waals surface area contributed by atoms with Crippen molar-refractivity contribution >= 4 is 17.9 Å². The number of allylic oxidation sites excluding steroid dienone is 10. The van der Waals surface area contributed by atoms with Crippen molar-refractivity contribution in [1.29, 1.82) is 0 Å². The molecular formula is C55H96O6. The molecule has 0 spiro atoms. The SMILES string of the molecule is CC/C=C\C/C=C\C/C=C\C/C=C\CCCCCCC(=O)OC[C@H](COC(=O)CCCCCCCCCCCCC)OC(=O)CCCCCCC/C=C\CCCCCCCC. The largest absolute Gasteiger partial charge is 0.462 e. The summed E-state index contributed by atoms with van der Waals surface area (Å²) in [6, 6.07) is 0. The van der Waals surface area contributed by atoms with Crippen molar-refractivity contribution in [3.63, 3.8) is 0 Å². The first-order chi connectivity index (χ1) is 30.0. The van der Waals surface area contributed by atoms with E-state index in [4.69, 9.17) is 14.2 Å². The van der Waals surface area contributed by atoms with Crippen LogP contribution in [0.5, 0.6) is 0 Å². The highest BCUT2D eigenvalue weighted by Gasteiger charge is 2.19. The molecule has 0 aliphatic heterocycles. The second kappa shape index (κ2) is 49.8. The summed E-state index contributed by atoms with van der Waals surface area (Å²) in [5, 5.41) is 0. The number of unbranched alkanes of at least 4 members (excludes halogenated alkanes) is 25. The van der Waals surface area contributed by atoms with Gasteiger partial charge in [0.15, 0.2) is 6.10 Å².